The van der Waals surface area contributed by atoms with Crippen molar-refractivity contribution in [2.75, 3.05) is 4.90 Å². The molecule has 0 N–H and O–H groups in total. The van der Waals surface area contributed by atoms with Crippen LogP contribution in [0.2, 0.25) is 0 Å². The lowest BCUT2D eigenvalue weighted by Gasteiger charge is -2.33. The van der Waals surface area contributed by atoms with Crippen molar-refractivity contribution < 1.29 is 0 Å². The van der Waals surface area contributed by atoms with Crippen molar-refractivity contribution in [3.63, 3.8) is 0 Å². The van der Waals surface area contributed by atoms with E-state index in [0.717, 1.165) is 0 Å². The summed E-state index contributed by atoms with van der Waals surface area (Å²) in [4.78, 5) is 2.59. The second-order valence-electron chi connectivity index (χ2n) is 19.7. The molecule has 8 aromatic rings. The van der Waals surface area contributed by atoms with Gasteiger partial charge in [-0.3, -0.25) is 0 Å². The molecule has 1 nitrogen and oxygen atoms in total. The molecule has 0 bridgehead atoms. The van der Waals surface area contributed by atoms with E-state index in [4.69, 9.17) is 0 Å². The maximum Gasteiger partial charge on any atom is 0.0726 e. The number of benzene rings is 8. The predicted octanol–water partition coefficient (Wildman–Crippen LogP) is 15.4. The molecule has 4 aliphatic carbocycles. The van der Waals surface area contributed by atoms with Gasteiger partial charge in [0.05, 0.1) is 11.1 Å². The summed E-state index contributed by atoms with van der Waals surface area (Å²) in [5.74, 6) is 0. The maximum absolute atomic E-state index is 2.59. The lowest BCUT2D eigenvalue weighted by Crippen LogP contribution is -2.26. The Morgan fingerprint density at radius 1 is 0.350 bits per heavy atom. The molecule has 0 radical (unpaired) electrons. The molecule has 60 heavy (non-hydrogen) atoms. The first-order chi connectivity index (χ1) is 28.9. The lowest BCUT2D eigenvalue weighted by atomic mass is 9.69. The Hall–Kier alpha value is -6.44. The molecule has 1 heteroatoms. The Bertz CT molecular complexity index is 2990. The SMILES string of the molecule is CC(C)(C)c1ccc2c(c1)C1(c3ccccc3-c3ccccc31)c1cccc(N(c3ccc4c(c3)C(C)(C)c3ccccc3-4)c3ccc4c(c3)C(C)(C)c3ccccc3-4)c1-2. The minimum absolute atomic E-state index is 0.0128. The minimum atomic E-state index is -0.454. The summed E-state index contributed by atoms with van der Waals surface area (Å²) in [6, 6.07) is 65.3. The number of hydrogen-bond acceptors (Lipinski definition) is 1. The van der Waals surface area contributed by atoms with Gasteiger partial charge < -0.3 is 4.90 Å². The zero-order chi connectivity index (χ0) is 40.9. The van der Waals surface area contributed by atoms with Crippen molar-refractivity contribution in [2.24, 2.45) is 0 Å². The smallest absolute Gasteiger partial charge is 0.0726 e. The van der Waals surface area contributed by atoms with E-state index >= 15 is 0 Å². The van der Waals surface area contributed by atoms with Crippen LogP contribution >= 0.6 is 0 Å². The van der Waals surface area contributed by atoms with Crippen LogP contribution in [0, 0.1) is 0 Å². The summed E-state index contributed by atoms with van der Waals surface area (Å²) in [6.07, 6.45) is 0. The first kappa shape index (κ1) is 35.5. The second-order valence-corrected chi connectivity index (χ2v) is 19.7. The molecule has 0 saturated heterocycles. The fourth-order valence-corrected chi connectivity index (χ4v) is 11.9. The van der Waals surface area contributed by atoms with Gasteiger partial charge in [0.15, 0.2) is 0 Å². The van der Waals surface area contributed by atoms with Gasteiger partial charge in [-0.25, -0.2) is 0 Å². The second kappa shape index (κ2) is 11.9. The molecule has 0 fully saturated rings. The van der Waals surface area contributed by atoms with Gasteiger partial charge in [0.2, 0.25) is 0 Å². The highest BCUT2D eigenvalue weighted by molar-refractivity contribution is 6.02. The van der Waals surface area contributed by atoms with Crippen LogP contribution in [0.1, 0.15) is 98.5 Å². The van der Waals surface area contributed by atoms with Crippen molar-refractivity contribution >= 4 is 17.1 Å². The number of fused-ring (bicyclic) bond motifs is 16. The quantitative estimate of drug-likeness (QED) is 0.173. The molecule has 290 valence electrons. The van der Waals surface area contributed by atoms with Crippen LogP contribution < -0.4 is 4.90 Å². The van der Waals surface area contributed by atoms with Gasteiger partial charge in [0.25, 0.3) is 0 Å². The first-order valence-electron chi connectivity index (χ1n) is 21.7. The van der Waals surface area contributed by atoms with Crippen LogP contribution in [-0.2, 0) is 21.7 Å². The molecule has 0 unspecified atom stereocenters. The number of hydrogen-bond donors (Lipinski definition) is 0. The van der Waals surface area contributed by atoms with Crippen molar-refractivity contribution in [2.45, 2.75) is 70.1 Å². The topological polar surface area (TPSA) is 3.24 Å². The van der Waals surface area contributed by atoms with Crippen LogP contribution in [0.15, 0.2) is 170 Å². The van der Waals surface area contributed by atoms with Crippen LogP contribution in [0.4, 0.5) is 17.1 Å². The van der Waals surface area contributed by atoms with Crippen molar-refractivity contribution in [1.29, 1.82) is 0 Å². The average Bonchev–Trinajstić information content (AvgIpc) is 3.89. The first-order valence-corrected chi connectivity index (χ1v) is 21.7. The average molecular weight is 772 g/mol. The summed E-state index contributed by atoms with van der Waals surface area (Å²) in [6.45, 7) is 16.6. The monoisotopic (exact) mass is 771 g/mol. The largest absolute Gasteiger partial charge is 0.310 e. The molecule has 12 rings (SSSR count). The summed E-state index contributed by atoms with van der Waals surface area (Å²) in [7, 11) is 0. The summed E-state index contributed by atoms with van der Waals surface area (Å²) in [5.41, 5.74) is 25.8. The fourth-order valence-electron chi connectivity index (χ4n) is 11.9. The van der Waals surface area contributed by atoms with Gasteiger partial charge in [0, 0.05) is 27.8 Å². The maximum atomic E-state index is 2.59. The zero-order valence-corrected chi connectivity index (χ0v) is 35.6. The van der Waals surface area contributed by atoms with E-state index in [1.165, 1.54) is 112 Å². The Labute approximate surface area is 355 Å². The van der Waals surface area contributed by atoms with Crippen molar-refractivity contribution in [1.82, 2.24) is 0 Å². The fraction of sp³-hybridized carbons (Fsp3) is 0.186. The van der Waals surface area contributed by atoms with Gasteiger partial charge in [-0.2, -0.15) is 0 Å². The molecule has 8 aromatic carbocycles. The minimum Gasteiger partial charge on any atom is -0.310 e. The lowest BCUT2D eigenvalue weighted by molar-refractivity contribution is 0.588. The molecular formula is C59H49N. The van der Waals surface area contributed by atoms with Crippen molar-refractivity contribution in [3.05, 3.63) is 220 Å². The van der Waals surface area contributed by atoms with Gasteiger partial charge in [-0.15, -0.1) is 0 Å². The molecule has 4 aliphatic rings. The van der Waals surface area contributed by atoms with Crippen molar-refractivity contribution in [3.8, 4) is 44.5 Å². The molecule has 0 aliphatic heterocycles. The Balaban J connectivity index is 1.17. The van der Waals surface area contributed by atoms with Crippen LogP contribution in [0.3, 0.4) is 0 Å². The Morgan fingerprint density at radius 3 is 1.27 bits per heavy atom. The molecular weight excluding hydrogens is 723 g/mol. The van der Waals surface area contributed by atoms with Gasteiger partial charge in [0.1, 0.15) is 0 Å². The highest BCUT2D eigenvalue weighted by atomic mass is 15.1. The van der Waals surface area contributed by atoms with Gasteiger partial charge in [-0.05, 0) is 125 Å². The standard InChI is InChI=1S/C59H49N/c1-56(2,3)36-27-30-45-53(33-36)59(48-23-14-10-19-41(48)42-20-11-15-24-49(42)59)50-25-16-26-54(55(45)50)60(37-28-31-43-39-17-8-12-21-46(39)57(4,5)51(43)34-37)38-29-32-44-40-18-9-13-22-47(40)58(6,7)52(44)35-38/h8-35H,1-7H3. The van der Waals surface area contributed by atoms with E-state index in [1.54, 1.807) is 0 Å². The van der Waals surface area contributed by atoms with Crippen LogP contribution in [0.5, 0.6) is 0 Å². The van der Waals surface area contributed by atoms with Gasteiger partial charge >= 0.3 is 0 Å². The molecule has 0 atom stereocenters. The summed E-state index contributed by atoms with van der Waals surface area (Å²) in [5, 5.41) is 0. The van der Waals surface area contributed by atoms with E-state index in [1.807, 2.05) is 0 Å². The third-order valence-corrected chi connectivity index (χ3v) is 14.8. The molecule has 1 spiro atoms. The third-order valence-electron chi connectivity index (χ3n) is 14.8. The molecule has 0 saturated carbocycles. The summed E-state index contributed by atoms with van der Waals surface area (Å²) >= 11 is 0. The third kappa shape index (κ3) is 4.43. The van der Waals surface area contributed by atoms with E-state index < -0.39 is 5.41 Å². The number of anilines is 3. The normalized spacial score (nSPS) is 16.0. The highest BCUT2D eigenvalue weighted by Crippen LogP contribution is 2.65. The van der Waals surface area contributed by atoms with E-state index in [-0.39, 0.29) is 16.2 Å². The van der Waals surface area contributed by atoms with Crippen LogP contribution in [0.25, 0.3) is 44.5 Å². The zero-order valence-electron chi connectivity index (χ0n) is 35.6. The summed E-state index contributed by atoms with van der Waals surface area (Å²) < 4.78 is 0. The van der Waals surface area contributed by atoms with Crippen LogP contribution in [-0.4, -0.2) is 0 Å². The Kier molecular flexibility index (Phi) is 7.01. The molecule has 0 amide bonds. The van der Waals surface area contributed by atoms with E-state index in [9.17, 15) is 0 Å². The predicted molar refractivity (Wildman–Crippen MR) is 251 cm³/mol. The van der Waals surface area contributed by atoms with Gasteiger partial charge in [-0.1, -0.05) is 188 Å². The number of nitrogens with zero attached hydrogens (tertiary/aromatic N) is 1. The number of rotatable bonds is 3. The van der Waals surface area contributed by atoms with E-state index in [2.05, 4.69) is 223 Å². The molecule has 0 aromatic heterocycles. The highest BCUT2D eigenvalue weighted by Gasteiger charge is 2.53. The van der Waals surface area contributed by atoms with E-state index in [0.29, 0.717) is 0 Å². The molecule has 0 heterocycles. The Morgan fingerprint density at radius 2 is 0.767 bits per heavy atom.